The van der Waals surface area contributed by atoms with Crippen LogP contribution in [-0.4, -0.2) is 16.2 Å². The Bertz CT molecular complexity index is 580. The number of benzene rings is 1. The SMILES string of the molecule is CC(C)CCC(C)Nc1ccc(-c2cc(=O)[nH][nH]2)cc1. The summed E-state index contributed by atoms with van der Waals surface area (Å²) in [6, 6.07) is 10.1. The molecule has 1 aromatic carbocycles. The number of aromatic amines is 2. The van der Waals surface area contributed by atoms with Gasteiger partial charge in [-0.15, -0.1) is 0 Å². The highest BCUT2D eigenvalue weighted by molar-refractivity contribution is 5.62. The van der Waals surface area contributed by atoms with Crippen LogP contribution in [0.3, 0.4) is 0 Å². The van der Waals surface area contributed by atoms with Gasteiger partial charge in [-0.25, -0.2) is 0 Å². The molecule has 0 saturated heterocycles. The molecule has 0 spiro atoms. The maximum Gasteiger partial charge on any atom is 0.264 e. The molecule has 0 radical (unpaired) electrons. The summed E-state index contributed by atoms with van der Waals surface area (Å²) in [5.74, 6) is 0.743. The average molecular weight is 273 g/mol. The summed E-state index contributed by atoms with van der Waals surface area (Å²) in [6.07, 6.45) is 2.40. The van der Waals surface area contributed by atoms with Gasteiger partial charge in [0.25, 0.3) is 5.56 Å². The predicted molar refractivity (Wildman–Crippen MR) is 84.0 cm³/mol. The highest BCUT2D eigenvalue weighted by atomic mass is 16.1. The average Bonchev–Trinajstić information content (AvgIpc) is 2.84. The molecule has 0 amide bonds. The second-order valence-corrected chi connectivity index (χ2v) is 5.77. The lowest BCUT2D eigenvalue weighted by atomic mass is 10.0. The van der Waals surface area contributed by atoms with E-state index in [0.717, 1.165) is 22.9 Å². The fourth-order valence-corrected chi connectivity index (χ4v) is 2.17. The molecule has 1 atom stereocenters. The van der Waals surface area contributed by atoms with Gasteiger partial charge in [-0.05, 0) is 43.4 Å². The summed E-state index contributed by atoms with van der Waals surface area (Å²) < 4.78 is 0. The molecule has 1 heterocycles. The minimum Gasteiger partial charge on any atom is -0.383 e. The van der Waals surface area contributed by atoms with Gasteiger partial charge in [0.05, 0.1) is 5.69 Å². The molecule has 4 heteroatoms. The van der Waals surface area contributed by atoms with E-state index < -0.39 is 0 Å². The van der Waals surface area contributed by atoms with Crippen molar-refractivity contribution in [2.45, 2.75) is 39.7 Å². The number of anilines is 1. The number of H-pyrrole nitrogens is 2. The smallest absolute Gasteiger partial charge is 0.264 e. The van der Waals surface area contributed by atoms with Gasteiger partial charge in [0.1, 0.15) is 0 Å². The van der Waals surface area contributed by atoms with Crippen molar-refractivity contribution in [1.82, 2.24) is 10.2 Å². The third kappa shape index (κ3) is 4.02. The monoisotopic (exact) mass is 273 g/mol. The van der Waals surface area contributed by atoms with Crippen molar-refractivity contribution in [3.63, 3.8) is 0 Å². The quantitative estimate of drug-likeness (QED) is 0.753. The van der Waals surface area contributed by atoms with Crippen LogP contribution in [0.1, 0.15) is 33.6 Å². The minimum absolute atomic E-state index is 0.107. The molecule has 0 bridgehead atoms. The summed E-state index contributed by atoms with van der Waals surface area (Å²) in [5.41, 5.74) is 2.82. The van der Waals surface area contributed by atoms with Crippen LogP contribution in [-0.2, 0) is 0 Å². The summed E-state index contributed by atoms with van der Waals surface area (Å²) >= 11 is 0. The van der Waals surface area contributed by atoms with Crippen molar-refractivity contribution in [2.75, 3.05) is 5.32 Å². The molecule has 2 rings (SSSR count). The first kappa shape index (κ1) is 14.4. The van der Waals surface area contributed by atoms with Gasteiger partial charge in [-0.3, -0.25) is 15.0 Å². The summed E-state index contributed by atoms with van der Waals surface area (Å²) in [7, 11) is 0. The standard InChI is InChI=1S/C16H23N3O/c1-11(2)4-5-12(3)17-14-8-6-13(7-9-14)15-10-16(20)19-18-15/h6-12,17H,4-5H2,1-3H3,(H2,18,19,20). The van der Waals surface area contributed by atoms with Crippen LogP contribution < -0.4 is 10.9 Å². The molecular formula is C16H23N3O. The fourth-order valence-electron chi connectivity index (χ4n) is 2.17. The maximum absolute atomic E-state index is 11.1. The van der Waals surface area contributed by atoms with Crippen LogP contribution in [0.2, 0.25) is 0 Å². The molecule has 0 aliphatic carbocycles. The van der Waals surface area contributed by atoms with Crippen molar-refractivity contribution >= 4 is 5.69 Å². The molecule has 4 nitrogen and oxygen atoms in total. The maximum atomic E-state index is 11.1. The van der Waals surface area contributed by atoms with Crippen LogP contribution in [0.25, 0.3) is 11.3 Å². The molecule has 0 fully saturated rings. The topological polar surface area (TPSA) is 60.7 Å². The second kappa shape index (κ2) is 6.46. The molecule has 20 heavy (non-hydrogen) atoms. The zero-order valence-electron chi connectivity index (χ0n) is 12.4. The van der Waals surface area contributed by atoms with E-state index in [1.165, 1.54) is 12.8 Å². The normalized spacial score (nSPS) is 12.6. The highest BCUT2D eigenvalue weighted by Crippen LogP contribution is 2.19. The highest BCUT2D eigenvalue weighted by Gasteiger charge is 2.05. The van der Waals surface area contributed by atoms with E-state index in [2.05, 4.69) is 36.3 Å². The summed E-state index contributed by atoms with van der Waals surface area (Å²) in [6.45, 7) is 6.71. The molecule has 0 aliphatic rings. The molecule has 2 aromatic rings. The van der Waals surface area contributed by atoms with Crippen molar-refractivity contribution in [1.29, 1.82) is 0 Å². The number of rotatable bonds is 6. The molecule has 3 N–H and O–H groups in total. The first-order valence-electron chi connectivity index (χ1n) is 7.19. The largest absolute Gasteiger partial charge is 0.383 e. The van der Waals surface area contributed by atoms with Crippen LogP contribution in [0.15, 0.2) is 35.1 Å². The van der Waals surface area contributed by atoms with Gasteiger partial charge in [0.15, 0.2) is 0 Å². The molecule has 1 unspecified atom stereocenters. The van der Waals surface area contributed by atoms with E-state index in [1.807, 2.05) is 24.3 Å². The van der Waals surface area contributed by atoms with E-state index >= 15 is 0 Å². The Labute approximate surface area is 119 Å². The molecule has 1 aromatic heterocycles. The lowest BCUT2D eigenvalue weighted by Gasteiger charge is -2.16. The van der Waals surface area contributed by atoms with Crippen molar-refractivity contribution in [3.8, 4) is 11.3 Å². The van der Waals surface area contributed by atoms with Gasteiger partial charge in [0, 0.05) is 17.8 Å². The van der Waals surface area contributed by atoms with E-state index in [9.17, 15) is 4.79 Å². The van der Waals surface area contributed by atoms with Crippen LogP contribution in [0, 0.1) is 5.92 Å². The molecule has 108 valence electrons. The minimum atomic E-state index is -0.107. The summed E-state index contributed by atoms with van der Waals surface area (Å²) in [5, 5.41) is 8.90. The Morgan fingerprint density at radius 1 is 1.05 bits per heavy atom. The van der Waals surface area contributed by atoms with Crippen LogP contribution >= 0.6 is 0 Å². The zero-order chi connectivity index (χ0) is 14.5. The van der Waals surface area contributed by atoms with Gasteiger partial charge in [-0.2, -0.15) is 0 Å². The number of nitrogens with one attached hydrogen (secondary N) is 3. The van der Waals surface area contributed by atoms with Crippen LogP contribution in [0.4, 0.5) is 5.69 Å². The molecule has 0 aliphatic heterocycles. The van der Waals surface area contributed by atoms with Crippen molar-refractivity contribution in [2.24, 2.45) is 5.92 Å². The van der Waals surface area contributed by atoms with E-state index in [0.29, 0.717) is 6.04 Å². The Hall–Kier alpha value is -1.97. The lowest BCUT2D eigenvalue weighted by molar-refractivity contribution is 0.528. The van der Waals surface area contributed by atoms with Crippen molar-refractivity contribution in [3.05, 3.63) is 40.7 Å². The molecule has 0 saturated carbocycles. The van der Waals surface area contributed by atoms with E-state index in [4.69, 9.17) is 0 Å². The van der Waals surface area contributed by atoms with E-state index in [1.54, 1.807) is 6.07 Å². The Morgan fingerprint density at radius 2 is 1.75 bits per heavy atom. The molecular weight excluding hydrogens is 250 g/mol. The van der Waals surface area contributed by atoms with Crippen LogP contribution in [0.5, 0.6) is 0 Å². The lowest BCUT2D eigenvalue weighted by Crippen LogP contribution is -2.15. The second-order valence-electron chi connectivity index (χ2n) is 5.77. The Morgan fingerprint density at radius 3 is 2.30 bits per heavy atom. The van der Waals surface area contributed by atoms with Gasteiger partial charge in [-0.1, -0.05) is 26.0 Å². The van der Waals surface area contributed by atoms with Crippen molar-refractivity contribution < 1.29 is 0 Å². The summed E-state index contributed by atoms with van der Waals surface area (Å²) in [4.78, 5) is 11.1. The van der Waals surface area contributed by atoms with Gasteiger partial charge < -0.3 is 5.32 Å². The predicted octanol–water partition coefficient (Wildman–Crippen LogP) is 3.61. The zero-order valence-corrected chi connectivity index (χ0v) is 12.4. The Kier molecular flexibility index (Phi) is 4.66. The van der Waals surface area contributed by atoms with Gasteiger partial charge in [0.2, 0.25) is 0 Å². The van der Waals surface area contributed by atoms with Gasteiger partial charge >= 0.3 is 0 Å². The number of aromatic nitrogens is 2. The number of hydrogen-bond acceptors (Lipinski definition) is 2. The number of hydrogen-bond donors (Lipinski definition) is 3. The first-order chi connectivity index (χ1) is 9.54. The third-order valence-electron chi connectivity index (χ3n) is 3.38. The first-order valence-corrected chi connectivity index (χ1v) is 7.19. The Balaban J connectivity index is 1.96. The fraction of sp³-hybridized carbons (Fsp3) is 0.438. The van der Waals surface area contributed by atoms with E-state index in [-0.39, 0.29) is 5.56 Å². The third-order valence-corrected chi connectivity index (χ3v) is 3.38.